The Balaban J connectivity index is 3.27. The zero-order valence-electron chi connectivity index (χ0n) is 5.84. The van der Waals surface area contributed by atoms with Crippen molar-refractivity contribution in [1.82, 2.24) is 4.98 Å². The van der Waals surface area contributed by atoms with Crippen LogP contribution in [0.2, 0.25) is 0 Å². The quantitative estimate of drug-likeness (QED) is 0.720. The third-order valence-corrected chi connectivity index (χ3v) is 1.95. The molecule has 0 amide bonds. The van der Waals surface area contributed by atoms with Crippen LogP contribution in [0, 0.1) is 14.9 Å². The third kappa shape index (κ3) is 1.60. The standard InChI is InChI=1S/C7H5IN2O/c1-11-7-5(2-9)3-10-4-6(7)8/h3-4H,1H3. The molecule has 0 radical (unpaired) electrons. The van der Waals surface area contributed by atoms with E-state index in [2.05, 4.69) is 27.6 Å². The van der Waals surface area contributed by atoms with Crippen molar-refractivity contribution in [2.75, 3.05) is 7.11 Å². The van der Waals surface area contributed by atoms with Crippen molar-refractivity contribution in [2.45, 2.75) is 0 Å². The number of ether oxygens (including phenoxy) is 1. The van der Waals surface area contributed by atoms with E-state index in [1.165, 1.54) is 6.20 Å². The van der Waals surface area contributed by atoms with Gasteiger partial charge in [0.05, 0.1) is 10.7 Å². The number of hydrogen-bond acceptors (Lipinski definition) is 3. The molecule has 0 spiro atoms. The lowest BCUT2D eigenvalue weighted by Gasteiger charge is -2.02. The summed E-state index contributed by atoms with van der Waals surface area (Å²) < 4.78 is 5.85. The summed E-state index contributed by atoms with van der Waals surface area (Å²) in [5.41, 5.74) is 0.472. The first kappa shape index (κ1) is 8.27. The Morgan fingerprint density at radius 2 is 2.36 bits per heavy atom. The first-order chi connectivity index (χ1) is 5.29. The molecule has 0 atom stereocenters. The Morgan fingerprint density at radius 3 is 2.82 bits per heavy atom. The van der Waals surface area contributed by atoms with Gasteiger partial charge in [0.25, 0.3) is 0 Å². The summed E-state index contributed by atoms with van der Waals surface area (Å²) in [6.07, 6.45) is 3.14. The van der Waals surface area contributed by atoms with Crippen LogP contribution < -0.4 is 4.74 Å². The zero-order valence-corrected chi connectivity index (χ0v) is 7.99. The Bertz CT molecular complexity index is 306. The van der Waals surface area contributed by atoms with Gasteiger partial charge in [-0.3, -0.25) is 4.98 Å². The average Bonchev–Trinajstić information content (AvgIpc) is 2.04. The van der Waals surface area contributed by atoms with Crippen molar-refractivity contribution in [3.63, 3.8) is 0 Å². The van der Waals surface area contributed by atoms with Gasteiger partial charge in [-0.05, 0) is 22.6 Å². The van der Waals surface area contributed by atoms with Gasteiger partial charge in [-0.25, -0.2) is 0 Å². The molecule has 0 aromatic carbocycles. The lowest BCUT2D eigenvalue weighted by atomic mass is 10.3. The molecule has 0 aliphatic heterocycles. The first-order valence-corrected chi connectivity index (χ1v) is 3.95. The molecular weight excluding hydrogens is 255 g/mol. The fourth-order valence-electron chi connectivity index (χ4n) is 0.710. The highest BCUT2D eigenvalue weighted by molar-refractivity contribution is 14.1. The van der Waals surface area contributed by atoms with Crippen molar-refractivity contribution in [3.05, 3.63) is 21.5 Å². The minimum absolute atomic E-state index is 0.472. The second-order valence-electron chi connectivity index (χ2n) is 1.81. The van der Waals surface area contributed by atoms with E-state index in [4.69, 9.17) is 10.00 Å². The van der Waals surface area contributed by atoms with Crippen LogP contribution in [-0.4, -0.2) is 12.1 Å². The maximum absolute atomic E-state index is 8.60. The Morgan fingerprint density at radius 1 is 1.64 bits per heavy atom. The molecule has 0 saturated carbocycles. The van der Waals surface area contributed by atoms with Crippen LogP contribution in [0.1, 0.15) is 5.56 Å². The van der Waals surface area contributed by atoms with Gasteiger partial charge in [-0.2, -0.15) is 5.26 Å². The van der Waals surface area contributed by atoms with E-state index in [0.29, 0.717) is 11.3 Å². The predicted molar refractivity (Wildman–Crippen MR) is 48.2 cm³/mol. The zero-order chi connectivity index (χ0) is 8.27. The van der Waals surface area contributed by atoms with Crippen molar-refractivity contribution >= 4 is 22.6 Å². The van der Waals surface area contributed by atoms with Gasteiger partial charge in [-0.1, -0.05) is 0 Å². The maximum Gasteiger partial charge on any atom is 0.153 e. The molecule has 0 fully saturated rings. The number of nitriles is 1. The van der Waals surface area contributed by atoms with E-state index < -0.39 is 0 Å². The summed E-state index contributed by atoms with van der Waals surface area (Å²) >= 11 is 2.07. The van der Waals surface area contributed by atoms with Crippen molar-refractivity contribution in [3.8, 4) is 11.8 Å². The fraction of sp³-hybridized carbons (Fsp3) is 0.143. The van der Waals surface area contributed by atoms with Crippen LogP contribution in [0.25, 0.3) is 0 Å². The third-order valence-electron chi connectivity index (χ3n) is 1.18. The molecule has 4 heteroatoms. The fourth-order valence-corrected chi connectivity index (χ4v) is 1.38. The molecule has 0 bridgehead atoms. The number of hydrogen-bond donors (Lipinski definition) is 0. The largest absolute Gasteiger partial charge is 0.494 e. The summed E-state index contributed by atoms with van der Waals surface area (Å²) in [7, 11) is 1.54. The molecule has 1 rings (SSSR count). The molecule has 0 N–H and O–H groups in total. The lowest BCUT2D eigenvalue weighted by Crippen LogP contribution is -1.91. The molecule has 0 aliphatic carbocycles. The Hall–Kier alpha value is -0.830. The van der Waals surface area contributed by atoms with Crippen molar-refractivity contribution in [2.24, 2.45) is 0 Å². The number of aromatic nitrogens is 1. The molecule has 0 saturated heterocycles. The topological polar surface area (TPSA) is 45.9 Å². The minimum atomic E-state index is 0.472. The number of halogens is 1. The number of nitrogens with zero attached hydrogens (tertiary/aromatic N) is 2. The van der Waals surface area contributed by atoms with E-state index in [1.807, 2.05) is 6.07 Å². The van der Waals surface area contributed by atoms with E-state index in [-0.39, 0.29) is 0 Å². The normalized spacial score (nSPS) is 8.82. The van der Waals surface area contributed by atoms with E-state index in [0.717, 1.165) is 3.57 Å². The van der Waals surface area contributed by atoms with Crippen LogP contribution in [-0.2, 0) is 0 Å². The van der Waals surface area contributed by atoms with E-state index in [1.54, 1.807) is 13.3 Å². The summed E-state index contributed by atoms with van der Waals surface area (Å²) in [6.45, 7) is 0. The smallest absolute Gasteiger partial charge is 0.153 e. The maximum atomic E-state index is 8.60. The van der Waals surface area contributed by atoms with Crippen LogP contribution in [0.3, 0.4) is 0 Å². The van der Waals surface area contributed by atoms with Gasteiger partial charge < -0.3 is 4.74 Å². The van der Waals surface area contributed by atoms with Gasteiger partial charge >= 0.3 is 0 Å². The first-order valence-electron chi connectivity index (χ1n) is 2.87. The highest BCUT2D eigenvalue weighted by Gasteiger charge is 2.05. The summed E-state index contributed by atoms with van der Waals surface area (Å²) in [5.74, 6) is 0.600. The average molecular weight is 260 g/mol. The molecule has 3 nitrogen and oxygen atoms in total. The molecule has 0 unspecified atom stereocenters. The van der Waals surface area contributed by atoms with Gasteiger partial charge in [0, 0.05) is 12.4 Å². The number of pyridine rings is 1. The second-order valence-corrected chi connectivity index (χ2v) is 2.98. The van der Waals surface area contributed by atoms with Gasteiger partial charge in [0.2, 0.25) is 0 Å². The van der Waals surface area contributed by atoms with Crippen LogP contribution >= 0.6 is 22.6 Å². The molecule has 0 aliphatic rings. The molecule has 1 aromatic heterocycles. The van der Waals surface area contributed by atoms with Crippen molar-refractivity contribution in [1.29, 1.82) is 5.26 Å². The highest BCUT2D eigenvalue weighted by Crippen LogP contribution is 2.22. The molecule has 1 aromatic rings. The lowest BCUT2D eigenvalue weighted by molar-refractivity contribution is 0.410. The van der Waals surface area contributed by atoms with Gasteiger partial charge in [-0.15, -0.1) is 0 Å². The van der Waals surface area contributed by atoms with Gasteiger partial charge in [0.15, 0.2) is 5.75 Å². The highest BCUT2D eigenvalue weighted by atomic mass is 127. The summed E-state index contributed by atoms with van der Waals surface area (Å²) in [5, 5.41) is 8.60. The minimum Gasteiger partial charge on any atom is -0.494 e. The SMILES string of the molecule is COc1c(I)cncc1C#N. The summed E-state index contributed by atoms with van der Waals surface area (Å²) in [4.78, 5) is 3.85. The second kappa shape index (κ2) is 3.53. The van der Waals surface area contributed by atoms with E-state index >= 15 is 0 Å². The van der Waals surface area contributed by atoms with Crippen LogP contribution in [0.15, 0.2) is 12.4 Å². The van der Waals surface area contributed by atoms with E-state index in [9.17, 15) is 0 Å². The van der Waals surface area contributed by atoms with Crippen LogP contribution in [0.4, 0.5) is 0 Å². The number of methoxy groups -OCH3 is 1. The van der Waals surface area contributed by atoms with Crippen LogP contribution in [0.5, 0.6) is 5.75 Å². The molecule has 56 valence electrons. The Labute approximate surface area is 78.1 Å². The number of rotatable bonds is 1. The predicted octanol–water partition coefficient (Wildman–Crippen LogP) is 1.57. The van der Waals surface area contributed by atoms with Crippen molar-refractivity contribution < 1.29 is 4.74 Å². The van der Waals surface area contributed by atoms with Gasteiger partial charge in [0.1, 0.15) is 11.6 Å². The summed E-state index contributed by atoms with van der Waals surface area (Å²) in [6, 6.07) is 2.00. The molecule has 11 heavy (non-hydrogen) atoms. The molecular formula is C7H5IN2O. The Kier molecular flexibility index (Phi) is 2.65. The monoisotopic (exact) mass is 260 g/mol. The molecule has 1 heterocycles.